The molecule has 1 amide bonds. The lowest BCUT2D eigenvalue weighted by atomic mass is 10.1. The number of rotatable bonds is 4. The predicted molar refractivity (Wildman–Crippen MR) is 97.1 cm³/mol. The number of benzene rings is 2. The summed E-state index contributed by atoms with van der Waals surface area (Å²) in [6.07, 6.45) is -0.659. The van der Waals surface area contributed by atoms with Crippen molar-refractivity contribution in [3.05, 3.63) is 46.5 Å². The second-order valence-corrected chi connectivity index (χ2v) is 6.36. The Balaban J connectivity index is 1.67. The Bertz CT molecular complexity index is 783. The third-order valence-corrected chi connectivity index (χ3v) is 4.50. The van der Waals surface area contributed by atoms with Gasteiger partial charge in [0.2, 0.25) is 0 Å². The van der Waals surface area contributed by atoms with Crippen molar-refractivity contribution < 1.29 is 19.0 Å². The highest BCUT2D eigenvalue weighted by atomic mass is 35.5. The zero-order valence-electron chi connectivity index (χ0n) is 14.4. The van der Waals surface area contributed by atoms with E-state index in [1.807, 2.05) is 26.0 Å². The molecule has 1 aliphatic rings. The summed E-state index contributed by atoms with van der Waals surface area (Å²) in [5, 5.41) is 3.54. The monoisotopic (exact) mass is 361 g/mol. The van der Waals surface area contributed by atoms with Gasteiger partial charge in [0.25, 0.3) is 5.91 Å². The Kier molecular flexibility index (Phi) is 5.04. The first-order valence-electron chi connectivity index (χ1n) is 8.08. The minimum Gasteiger partial charge on any atom is -0.486 e. The molecular formula is C19H20ClNO4. The Morgan fingerprint density at radius 2 is 1.76 bits per heavy atom. The molecule has 0 bridgehead atoms. The highest BCUT2D eigenvalue weighted by Gasteiger charge is 2.18. The molecule has 1 heterocycles. The van der Waals surface area contributed by atoms with E-state index >= 15 is 0 Å². The van der Waals surface area contributed by atoms with Crippen molar-refractivity contribution in [2.24, 2.45) is 0 Å². The fourth-order valence-electron chi connectivity index (χ4n) is 2.60. The summed E-state index contributed by atoms with van der Waals surface area (Å²) >= 11 is 6.16. The van der Waals surface area contributed by atoms with E-state index in [1.165, 1.54) is 0 Å². The minimum atomic E-state index is -0.659. The third-order valence-electron chi connectivity index (χ3n) is 3.90. The maximum atomic E-state index is 12.4. The largest absolute Gasteiger partial charge is 0.486 e. The Morgan fingerprint density at radius 1 is 1.12 bits per heavy atom. The summed E-state index contributed by atoms with van der Waals surface area (Å²) in [5.74, 6) is 1.67. The van der Waals surface area contributed by atoms with E-state index in [0.717, 1.165) is 11.1 Å². The molecule has 1 aliphatic heterocycles. The standard InChI is InChI=1S/C19H20ClNO4/c1-11-8-15(9-12(2)18(11)20)25-13(3)19(22)21-14-4-5-16-17(10-14)24-7-6-23-16/h4-5,8-10,13H,6-7H2,1-3H3,(H,21,22)/t13-/m0/s1. The van der Waals surface area contributed by atoms with E-state index in [4.69, 9.17) is 25.8 Å². The van der Waals surface area contributed by atoms with Crippen LogP contribution in [0.15, 0.2) is 30.3 Å². The molecule has 3 rings (SSSR count). The first-order valence-corrected chi connectivity index (χ1v) is 8.46. The number of ether oxygens (including phenoxy) is 3. The van der Waals surface area contributed by atoms with E-state index in [1.54, 1.807) is 25.1 Å². The van der Waals surface area contributed by atoms with Crippen LogP contribution in [0.3, 0.4) is 0 Å². The number of anilines is 1. The van der Waals surface area contributed by atoms with Crippen molar-refractivity contribution in [1.29, 1.82) is 0 Å². The van der Waals surface area contributed by atoms with Gasteiger partial charge in [0.15, 0.2) is 17.6 Å². The highest BCUT2D eigenvalue weighted by Crippen LogP contribution is 2.32. The van der Waals surface area contributed by atoms with Gasteiger partial charge in [-0.2, -0.15) is 0 Å². The summed E-state index contributed by atoms with van der Waals surface area (Å²) in [4.78, 5) is 12.4. The van der Waals surface area contributed by atoms with Crippen molar-refractivity contribution in [3.63, 3.8) is 0 Å². The van der Waals surface area contributed by atoms with Crippen LogP contribution in [0.2, 0.25) is 5.02 Å². The Labute approximate surface area is 151 Å². The van der Waals surface area contributed by atoms with Crippen LogP contribution in [0, 0.1) is 13.8 Å². The lowest BCUT2D eigenvalue weighted by Crippen LogP contribution is -2.30. The lowest BCUT2D eigenvalue weighted by molar-refractivity contribution is -0.122. The molecule has 0 unspecified atom stereocenters. The van der Waals surface area contributed by atoms with Gasteiger partial charge in [-0.25, -0.2) is 0 Å². The summed E-state index contributed by atoms with van der Waals surface area (Å²) < 4.78 is 16.7. The number of carbonyl (C=O) groups is 1. The maximum Gasteiger partial charge on any atom is 0.265 e. The van der Waals surface area contributed by atoms with Crippen LogP contribution in [0.4, 0.5) is 5.69 Å². The van der Waals surface area contributed by atoms with Gasteiger partial charge in [0.1, 0.15) is 19.0 Å². The molecule has 0 spiro atoms. The normalized spacial score (nSPS) is 13.9. The number of nitrogens with one attached hydrogen (secondary N) is 1. The molecule has 0 saturated heterocycles. The number of aryl methyl sites for hydroxylation is 2. The molecule has 5 nitrogen and oxygen atoms in total. The summed E-state index contributed by atoms with van der Waals surface area (Å²) in [6, 6.07) is 8.94. The van der Waals surface area contributed by atoms with E-state index in [-0.39, 0.29) is 5.91 Å². The third kappa shape index (κ3) is 3.99. The van der Waals surface area contributed by atoms with Gasteiger partial charge in [-0.1, -0.05) is 11.6 Å². The second kappa shape index (κ2) is 7.23. The van der Waals surface area contributed by atoms with Crippen molar-refractivity contribution in [2.75, 3.05) is 18.5 Å². The molecule has 0 fully saturated rings. The SMILES string of the molecule is Cc1cc(O[C@@H](C)C(=O)Nc2ccc3c(c2)OCCO3)cc(C)c1Cl. The molecule has 0 aromatic heterocycles. The second-order valence-electron chi connectivity index (χ2n) is 5.98. The van der Waals surface area contributed by atoms with Crippen molar-refractivity contribution in [3.8, 4) is 17.2 Å². The zero-order chi connectivity index (χ0) is 18.0. The number of hydrogen-bond donors (Lipinski definition) is 1. The van der Waals surface area contributed by atoms with E-state index < -0.39 is 6.10 Å². The van der Waals surface area contributed by atoms with Crippen molar-refractivity contribution >= 4 is 23.2 Å². The van der Waals surface area contributed by atoms with Gasteiger partial charge in [0.05, 0.1) is 0 Å². The minimum absolute atomic E-state index is 0.248. The molecule has 2 aromatic rings. The number of hydrogen-bond acceptors (Lipinski definition) is 4. The fourth-order valence-corrected chi connectivity index (χ4v) is 2.71. The molecule has 25 heavy (non-hydrogen) atoms. The Morgan fingerprint density at radius 3 is 2.44 bits per heavy atom. The average molecular weight is 362 g/mol. The molecule has 0 aliphatic carbocycles. The number of carbonyl (C=O) groups excluding carboxylic acids is 1. The van der Waals surface area contributed by atoms with Crippen LogP contribution in [0.25, 0.3) is 0 Å². The topological polar surface area (TPSA) is 56.8 Å². The molecule has 6 heteroatoms. The molecule has 2 aromatic carbocycles. The van der Waals surface area contributed by atoms with Gasteiger partial charge in [-0.05, 0) is 56.2 Å². The summed E-state index contributed by atoms with van der Waals surface area (Å²) in [6.45, 7) is 6.54. The average Bonchev–Trinajstić information content (AvgIpc) is 2.59. The van der Waals surface area contributed by atoms with Crippen LogP contribution >= 0.6 is 11.6 Å². The molecule has 1 N–H and O–H groups in total. The fraction of sp³-hybridized carbons (Fsp3) is 0.316. The van der Waals surface area contributed by atoms with Crippen molar-refractivity contribution in [1.82, 2.24) is 0 Å². The van der Waals surface area contributed by atoms with Crippen LogP contribution in [-0.2, 0) is 4.79 Å². The Hall–Kier alpha value is -2.40. The van der Waals surface area contributed by atoms with E-state index in [9.17, 15) is 4.79 Å². The van der Waals surface area contributed by atoms with Gasteiger partial charge in [-0.15, -0.1) is 0 Å². The smallest absolute Gasteiger partial charge is 0.265 e. The van der Waals surface area contributed by atoms with Crippen LogP contribution in [-0.4, -0.2) is 25.2 Å². The summed E-state index contributed by atoms with van der Waals surface area (Å²) in [5.41, 5.74) is 2.46. The first kappa shape index (κ1) is 17.4. The van der Waals surface area contributed by atoms with Crippen LogP contribution in [0.5, 0.6) is 17.2 Å². The van der Waals surface area contributed by atoms with E-state index in [2.05, 4.69) is 5.32 Å². The first-order chi connectivity index (χ1) is 11.9. The van der Waals surface area contributed by atoms with Gasteiger partial charge in [-0.3, -0.25) is 4.79 Å². The molecule has 1 atom stereocenters. The predicted octanol–water partition coefficient (Wildman–Crippen LogP) is 4.13. The van der Waals surface area contributed by atoms with Gasteiger partial charge >= 0.3 is 0 Å². The van der Waals surface area contributed by atoms with Crippen molar-refractivity contribution in [2.45, 2.75) is 26.9 Å². The molecule has 0 saturated carbocycles. The van der Waals surface area contributed by atoms with Crippen LogP contribution in [0.1, 0.15) is 18.1 Å². The molecule has 132 valence electrons. The van der Waals surface area contributed by atoms with Gasteiger partial charge in [0, 0.05) is 16.8 Å². The van der Waals surface area contributed by atoms with Crippen LogP contribution < -0.4 is 19.5 Å². The number of fused-ring (bicyclic) bond motifs is 1. The van der Waals surface area contributed by atoms with E-state index in [0.29, 0.717) is 41.2 Å². The lowest BCUT2D eigenvalue weighted by Gasteiger charge is -2.20. The van der Waals surface area contributed by atoms with Gasteiger partial charge < -0.3 is 19.5 Å². The summed E-state index contributed by atoms with van der Waals surface area (Å²) in [7, 11) is 0. The number of halogens is 1. The number of amides is 1. The molecule has 0 radical (unpaired) electrons. The highest BCUT2D eigenvalue weighted by molar-refractivity contribution is 6.32. The quantitative estimate of drug-likeness (QED) is 0.889. The zero-order valence-corrected chi connectivity index (χ0v) is 15.1. The molecular weight excluding hydrogens is 342 g/mol. The maximum absolute atomic E-state index is 12.4.